The first-order valence-electron chi connectivity index (χ1n) is 5.75. The van der Waals surface area contributed by atoms with Gasteiger partial charge in [-0.25, -0.2) is 0 Å². The van der Waals surface area contributed by atoms with Crippen LogP contribution in [0.2, 0.25) is 0 Å². The molecule has 0 amide bonds. The van der Waals surface area contributed by atoms with Gasteiger partial charge in [-0.15, -0.1) is 0 Å². The minimum atomic E-state index is -0.730. The lowest BCUT2D eigenvalue weighted by molar-refractivity contribution is -0.146. The molecule has 4 nitrogen and oxygen atoms in total. The molecule has 4 heteroatoms. The van der Waals surface area contributed by atoms with E-state index in [9.17, 15) is 9.90 Å². The van der Waals surface area contributed by atoms with E-state index in [1.54, 1.807) is 7.05 Å². The van der Waals surface area contributed by atoms with Gasteiger partial charge in [0.25, 0.3) is 0 Å². The number of nitrogens with zero attached hydrogens (tertiary/aromatic N) is 1. The third kappa shape index (κ3) is 2.49. The largest absolute Gasteiger partial charge is 0.480 e. The van der Waals surface area contributed by atoms with E-state index in [4.69, 9.17) is 0 Å². The fourth-order valence-electron chi connectivity index (χ4n) is 2.14. The number of hydrogen-bond acceptors (Lipinski definition) is 3. The normalized spacial score (nSPS) is 20.3. The first-order chi connectivity index (χ1) is 7.10. The second-order valence-electron chi connectivity index (χ2n) is 4.26. The topological polar surface area (TPSA) is 52.6 Å². The molecule has 88 valence electrons. The molecule has 1 rings (SSSR count). The van der Waals surface area contributed by atoms with Crippen LogP contribution in [0.5, 0.6) is 0 Å². The highest BCUT2D eigenvalue weighted by Gasteiger charge is 2.50. The molecule has 0 spiro atoms. The van der Waals surface area contributed by atoms with Crippen LogP contribution in [0.3, 0.4) is 0 Å². The maximum Gasteiger partial charge on any atom is 0.325 e. The van der Waals surface area contributed by atoms with Crippen molar-refractivity contribution >= 4 is 5.97 Å². The van der Waals surface area contributed by atoms with Crippen molar-refractivity contribution in [2.45, 2.75) is 32.2 Å². The SMILES string of the molecule is CCN(CC)CC(NC)(C(=O)O)C1CC1. The Balaban J connectivity index is 2.74. The van der Waals surface area contributed by atoms with Gasteiger partial charge in [0.05, 0.1) is 0 Å². The van der Waals surface area contributed by atoms with Crippen molar-refractivity contribution < 1.29 is 9.90 Å². The summed E-state index contributed by atoms with van der Waals surface area (Å²) in [5, 5.41) is 12.4. The van der Waals surface area contributed by atoms with Crippen molar-refractivity contribution in [2.24, 2.45) is 5.92 Å². The molecule has 0 saturated heterocycles. The zero-order valence-corrected chi connectivity index (χ0v) is 9.92. The van der Waals surface area contributed by atoms with Gasteiger partial charge in [0.1, 0.15) is 5.54 Å². The van der Waals surface area contributed by atoms with Crippen molar-refractivity contribution in [1.82, 2.24) is 10.2 Å². The van der Waals surface area contributed by atoms with Crippen LogP contribution in [0.15, 0.2) is 0 Å². The maximum atomic E-state index is 11.4. The van der Waals surface area contributed by atoms with Crippen LogP contribution >= 0.6 is 0 Å². The molecule has 1 atom stereocenters. The number of carboxylic acids is 1. The lowest BCUT2D eigenvalue weighted by Gasteiger charge is -2.34. The number of rotatable bonds is 7. The highest BCUT2D eigenvalue weighted by molar-refractivity contribution is 5.80. The van der Waals surface area contributed by atoms with E-state index in [0.717, 1.165) is 25.9 Å². The molecular formula is C11H22N2O2. The second-order valence-corrected chi connectivity index (χ2v) is 4.26. The molecule has 1 saturated carbocycles. The molecule has 0 aromatic carbocycles. The Bertz CT molecular complexity index is 225. The predicted molar refractivity (Wildman–Crippen MR) is 59.9 cm³/mol. The summed E-state index contributed by atoms with van der Waals surface area (Å²) in [5.41, 5.74) is -0.730. The number of likely N-dealkylation sites (N-methyl/N-ethyl adjacent to an activating group) is 2. The van der Waals surface area contributed by atoms with E-state index >= 15 is 0 Å². The number of nitrogens with one attached hydrogen (secondary N) is 1. The number of hydrogen-bond donors (Lipinski definition) is 2. The molecule has 1 aliphatic rings. The summed E-state index contributed by atoms with van der Waals surface area (Å²) >= 11 is 0. The lowest BCUT2D eigenvalue weighted by Crippen LogP contribution is -2.59. The van der Waals surface area contributed by atoms with Gasteiger partial charge in [-0.2, -0.15) is 0 Å². The van der Waals surface area contributed by atoms with Gasteiger partial charge < -0.3 is 15.3 Å². The average molecular weight is 214 g/mol. The third-order valence-corrected chi connectivity index (χ3v) is 3.47. The van der Waals surface area contributed by atoms with E-state index in [1.807, 2.05) is 0 Å². The van der Waals surface area contributed by atoms with E-state index in [2.05, 4.69) is 24.1 Å². The molecule has 0 aliphatic heterocycles. The summed E-state index contributed by atoms with van der Waals surface area (Å²) in [6.45, 7) is 6.55. The Morgan fingerprint density at radius 2 is 2.00 bits per heavy atom. The van der Waals surface area contributed by atoms with Crippen molar-refractivity contribution in [3.63, 3.8) is 0 Å². The molecule has 15 heavy (non-hydrogen) atoms. The molecule has 1 fully saturated rings. The van der Waals surface area contributed by atoms with Crippen LogP contribution in [0.4, 0.5) is 0 Å². The highest BCUT2D eigenvalue weighted by atomic mass is 16.4. The monoisotopic (exact) mass is 214 g/mol. The minimum absolute atomic E-state index is 0.306. The first-order valence-corrected chi connectivity index (χ1v) is 5.75. The molecule has 0 heterocycles. The number of aliphatic carboxylic acids is 1. The fourth-order valence-corrected chi connectivity index (χ4v) is 2.14. The molecule has 0 radical (unpaired) electrons. The summed E-state index contributed by atoms with van der Waals surface area (Å²) in [6.07, 6.45) is 2.07. The fraction of sp³-hybridized carbons (Fsp3) is 0.909. The van der Waals surface area contributed by atoms with Crippen LogP contribution in [0.1, 0.15) is 26.7 Å². The summed E-state index contributed by atoms with van der Waals surface area (Å²) in [6, 6.07) is 0. The molecule has 0 aromatic rings. The van der Waals surface area contributed by atoms with Gasteiger partial charge in [-0.3, -0.25) is 4.79 Å². The van der Waals surface area contributed by atoms with Crippen molar-refractivity contribution in [3.05, 3.63) is 0 Å². The summed E-state index contributed by atoms with van der Waals surface area (Å²) in [7, 11) is 1.76. The molecule has 1 aliphatic carbocycles. The van der Waals surface area contributed by atoms with Crippen molar-refractivity contribution in [1.29, 1.82) is 0 Å². The molecule has 2 N–H and O–H groups in total. The average Bonchev–Trinajstić information content (AvgIpc) is 3.04. The summed E-state index contributed by atoms with van der Waals surface area (Å²) in [4.78, 5) is 13.6. The third-order valence-electron chi connectivity index (χ3n) is 3.47. The molecule has 0 bridgehead atoms. The van der Waals surface area contributed by atoms with Crippen LogP contribution < -0.4 is 5.32 Å². The van der Waals surface area contributed by atoms with Crippen LogP contribution in [-0.2, 0) is 4.79 Å². The van der Waals surface area contributed by atoms with Crippen LogP contribution in [0.25, 0.3) is 0 Å². The summed E-state index contributed by atoms with van der Waals surface area (Å²) < 4.78 is 0. The maximum absolute atomic E-state index is 11.4. The predicted octanol–water partition coefficient (Wildman–Crippen LogP) is 0.781. The van der Waals surface area contributed by atoms with E-state index in [0.29, 0.717) is 12.5 Å². The van der Waals surface area contributed by atoms with Gasteiger partial charge in [0, 0.05) is 6.54 Å². The van der Waals surface area contributed by atoms with Gasteiger partial charge in [0.2, 0.25) is 0 Å². The zero-order chi connectivity index (χ0) is 11.5. The molecule has 1 unspecified atom stereocenters. The quantitative estimate of drug-likeness (QED) is 0.657. The standard InChI is InChI=1S/C11H22N2O2/c1-4-13(5-2)8-11(12-3,10(14)15)9-6-7-9/h9,12H,4-8H2,1-3H3,(H,14,15). The van der Waals surface area contributed by atoms with E-state index in [1.165, 1.54) is 0 Å². The van der Waals surface area contributed by atoms with Crippen molar-refractivity contribution in [2.75, 3.05) is 26.7 Å². The minimum Gasteiger partial charge on any atom is -0.480 e. The van der Waals surface area contributed by atoms with Crippen molar-refractivity contribution in [3.8, 4) is 0 Å². The van der Waals surface area contributed by atoms with Gasteiger partial charge in [0.15, 0.2) is 0 Å². The highest BCUT2D eigenvalue weighted by Crippen LogP contribution is 2.40. The molecule has 0 aromatic heterocycles. The Morgan fingerprint density at radius 1 is 1.47 bits per heavy atom. The van der Waals surface area contributed by atoms with Crippen LogP contribution in [0, 0.1) is 5.92 Å². The Labute approximate surface area is 91.6 Å². The number of carbonyl (C=O) groups is 1. The van der Waals surface area contributed by atoms with Gasteiger partial charge in [-0.1, -0.05) is 13.8 Å². The zero-order valence-electron chi connectivity index (χ0n) is 9.92. The smallest absolute Gasteiger partial charge is 0.325 e. The van der Waals surface area contributed by atoms with Gasteiger partial charge >= 0.3 is 5.97 Å². The first kappa shape index (κ1) is 12.5. The Morgan fingerprint density at radius 3 is 2.27 bits per heavy atom. The van der Waals surface area contributed by atoms with Gasteiger partial charge in [-0.05, 0) is 38.9 Å². The van der Waals surface area contributed by atoms with E-state index in [-0.39, 0.29) is 0 Å². The Kier molecular flexibility index (Phi) is 4.11. The lowest BCUT2D eigenvalue weighted by atomic mass is 9.92. The number of carboxylic acid groups (broad SMARTS) is 1. The molecular weight excluding hydrogens is 192 g/mol. The Hall–Kier alpha value is -0.610. The second kappa shape index (κ2) is 4.94. The van der Waals surface area contributed by atoms with E-state index < -0.39 is 11.5 Å². The summed E-state index contributed by atoms with van der Waals surface area (Å²) in [5.74, 6) is -0.403. The van der Waals surface area contributed by atoms with Crippen LogP contribution in [-0.4, -0.2) is 48.2 Å².